The van der Waals surface area contributed by atoms with E-state index in [9.17, 15) is 4.79 Å². The molecule has 2 unspecified atom stereocenters. The molecule has 3 N–H and O–H groups in total. The SMILES string of the molecule is Nc1c(N2CCCC3C(=O)NCC32)ccc2cnccc12. The lowest BCUT2D eigenvalue weighted by Gasteiger charge is -2.38. The highest BCUT2D eigenvalue weighted by atomic mass is 16.2. The third-order valence-electron chi connectivity index (χ3n) is 4.75. The average molecular weight is 282 g/mol. The van der Waals surface area contributed by atoms with Crippen LogP contribution in [-0.4, -0.2) is 30.0 Å². The van der Waals surface area contributed by atoms with Gasteiger partial charge in [0.15, 0.2) is 0 Å². The number of nitrogens with two attached hydrogens (primary N) is 1. The monoisotopic (exact) mass is 282 g/mol. The fraction of sp³-hybridized carbons (Fsp3) is 0.375. The Labute approximate surface area is 123 Å². The summed E-state index contributed by atoms with van der Waals surface area (Å²) in [5.41, 5.74) is 8.22. The second kappa shape index (κ2) is 4.62. The van der Waals surface area contributed by atoms with Crippen LogP contribution in [0.15, 0.2) is 30.6 Å². The maximum Gasteiger partial charge on any atom is 0.225 e. The molecule has 3 heterocycles. The zero-order valence-corrected chi connectivity index (χ0v) is 11.7. The molecular formula is C16H18N4O. The number of carbonyl (C=O) groups excluding carboxylic acids is 1. The fourth-order valence-electron chi connectivity index (χ4n) is 3.68. The van der Waals surface area contributed by atoms with E-state index in [1.54, 1.807) is 6.20 Å². The van der Waals surface area contributed by atoms with Crippen LogP contribution in [0.25, 0.3) is 10.8 Å². The molecular weight excluding hydrogens is 264 g/mol. The van der Waals surface area contributed by atoms with Crippen molar-refractivity contribution in [2.75, 3.05) is 23.7 Å². The molecule has 0 aliphatic carbocycles. The lowest BCUT2D eigenvalue weighted by molar-refractivity contribution is -0.122. The summed E-state index contributed by atoms with van der Waals surface area (Å²) in [5.74, 6) is 0.291. The number of rotatable bonds is 1. The molecule has 2 aliphatic rings. The van der Waals surface area contributed by atoms with Gasteiger partial charge in [-0.1, -0.05) is 6.07 Å². The first-order chi connectivity index (χ1) is 10.3. The summed E-state index contributed by atoms with van der Waals surface area (Å²) in [6.45, 7) is 1.67. The zero-order chi connectivity index (χ0) is 14.4. The lowest BCUT2D eigenvalue weighted by Crippen LogP contribution is -2.46. The van der Waals surface area contributed by atoms with Gasteiger partial charge in [-0.2, -0.15) is 0 Å². The number of nitrogens with one attached hydrogen (secondary N) is 1. The summed E-state index contributed by atoms with van der Waals surface area (Å²) in [5, 5.41) is 5.07. The number of pyridine rings is 1. The Balaban J connectivity index is 1.79. The van der Waals surface area contributed by atoms with Crippen molar-refractivity contribution < 1.29 is 4.79 Å². The summed E-state index contributed by atoms with van der Waals surface area (Å²) in [6.07, 6.45) is 5.60. The first-order valence-electron chi connectivity index (χ1n) is 7.42. The van der Waals surface area contributed by atoms with Gasteiger partial charge in [-0.25, -0.2) is 0 Å². The number of hydrogen-bond donors (Lipinski definition) is 2. The number of carbonyl (C=O) groups is 1. The van der Waals surface area contributed by atoms with Crippen molar-refractivity contribution >= 4 is 28.1 Å². The van der Waals surface area contributed by atoms with E-state index in [4.69, 9.17) is 5.73 Å². The number of hydrogen-bond acceptors (Lipinski definition) is 4. The van der Waals surface area contributed by atoms with Crippen LogP contribution in [0.2, 0.25) is 0 Å². The molecule has 0 saturated carbocycles. The molecule has 1 amide bonds. The van der Waals surface area contributed by atoms with Crippen LogP contribution in [-0.2, 0) is 4.79 Å². The molecule has 2 atom stereocenters. The van der Waals surface area contributed by atoms with Crippen molar-refractivity contribution in [2.24, 2.45) is 5.92 Å². The van der Waals surface area contributed by atoms with E-state index in [2.05, 4.69) is 27.3 Å². The van der Waals surface area contributed by atoms with E-state index in [0.717, 1.165) is 48.1 Å². The number of aromatic nitrogens is 1. The number of benzene rings is 1. The van der Waals surface area contributed by atoms with Crippen molar-refractivity contribution in [3.8, 4) is 0 Å². The van der Waals surface area contributed by atoms with Gasteiger partial charge in [-0.05, 0) is 25.0 Å². The molecule has 0 bridgehead atoms. The molecule has 1 aromatic carbocycles. The van der Waals surface area contributed by atoms with Gasteiger partial charge in [0.05, 0.1) is 23.3 Å². The van der Waals surface area contributed by atoms with Crippen LogP contribution in [0, 0.1) is 5.92 Å². The van der Waals surface area contributed by atoms with E-state index in [0.29, 0.717) is 0 Å². The molecule has 0 radical (unpaired) electrons. The highest BCUT2D eigenvalue weighted by molar-refractivity contribution is 5.99. The standard InChI is InChI=1S/C16H18N4O/c17-15-11-5-6-18-8-10(11)3-4-13(15)20-7-1-2-12-14(20)9-19-16(12)21/h3-6,8,12,14H,1-2,7,9,17H2,(H,19,21). The first-order valence-corrected chi connectivity index (χ1v) is 7.42. The van der Waals surface area contributed by atoms with Gasteiger partial charge in [0.25, 0.3) is 0 Å². The molecule has 108 valence electrons. The molecule has 21 heavy (non-hydrogen) atoms. The van der Waals surface area contributed by atoms with E-state index in [1.165, 1.54) is 0 Å². The number of nitrogen functional groups attached to an aromatic ring is 1. The minimum absolute atomic E-state index is 0.103. The van der Waals surface area contributed by atoms with Gasteiger partial charge in [-0.15, -0.1) is 0 Å². The van der Waals surface area contributed by atoms with Crippen molar-refractivity contribution in [1.82, 2.24) is 10.3 Å². The smallest absolute Gasteiger partial charge is 0.225 e. The second-order valence-electron chi connectivity index (χ2n) is 5.85. The van der Waals surface area contributed by atoms with E-state index in [1.807, 2.05) is 12.3 Å². The second-order valence-corrected chi connectivity index (χ2v) is 5.85. The van der Waals surface area contributed by atoms with E-state index < -0.39 is 0 Å². The molecule has 0 spiro atoms. The Morgan fingerprint density at radius 3 is 3.14 bits per heavy atom. The van der Waals surface area contributed by atoms with Crippen LogP contribution in [0.4, 0.5) is 11.4 Å². The quantitative estimate of drug-likeness (QED) is 0.778. The van der Waals surface area contributed by atoms with Crippen LogP contribution >= 0.6 is 0 Å². The Hall–Kier alpha value is -2.30. The highest BCUT2D eigenvalue weighted by Crippen LogP contribution is 2.37. The summed E-state index contributed by atoms with van der Waals surface area (Å²) in [7, 11) is 0. The zero-order valence-electron chi connectivity index (χ0n) is 11.7. The summed E-state index contributed by atoms with van der Waals surface area (Å²) in [6, 6.07) is 6.30. The molecule has 4 rings (SSSR count). The van der Waals surface area contributed by atoms with E-state index in [-0.39, 0.29) is 17.9 Å². The van der Waals surface area contributed by atoms with Crippen LogP contribution in [0.3, 0.4) is 0 Å². The highest BCUT2D eigenvalue weighted by Gasteiger charge is 2.41. The first kappa shape index (κ1) is 12.4. The fourth-order valence-corrected chi connectivity index (χ4v) is 3.68. The molecule has 2 saturated heterocycles. The minimum Gasteiger partial charge on any atom is -0.397 e. The number of nitrogens with zero attached hydrogens (tertiary/aromatic N) is 2. The summed E-state index contributed by atoms with van der Waals surface area (Å²) in [4.78, 5) is 18.3. The average Bonchev–Trinajstić information content (AvgIpc) is 2.90. The molecule has 2 aliphatic heterocycles. The number of fused-ring (bicyclic) bond motifs is 2. The normalized spacial score (nSPS) is 25.0. The summed E-state index contributed by atoms with van der Waals surface area (Å²) < 4.78 is 0. The van der Waals surface area contributed by atoms with Crippen LogP contribution in [0.5, 0.6) is 0 Å². The third-order valence-corrected chi connectivity index (χ3v) is 4.75. The maximum absolute atomic E-state index is 11.9. The Morgan fingerprint density at radius 2 is 2.24 bits per heavy atom. The number of anilines is 2. The molecule has 2 fully saturated rings. The van der Waals surface area contributed by atoms with Crippen LogP contribution < -0.4 is 16.0 Å². The third kappa shape index (κ3) is 1.84. The van der Waals surface area contributed by atoms with Gasteiger partial charge < -0.3 is 16.0 Å². The topological polar surface area (TPSA) is 71.2 Å². The van der Waals surface area contributed by atoms with Crippen molar-refractivity contribution in [1.29, 1.82) is 0 Å². The lowest BCUT2D eigenvalue weighted by atomic mass is 9.90. The minimum atomic E-state index is 0.103. The Kier molecular flexibility index (Phi) is 2.74. The van der Waals surface area contributed by atoms with Crippen molar-refractivity contribution in [2.45, 2.75) is 18.9 Å². The van der Waals surface area contributed by atoms with Crippen LogP contribution in [0.1, 0.15) is 12.8 Å². The van der Waals surface area contributed by atoms with Gasteiger partial charge >= 0.3 is 0 Å². The number of amides is 1. The largest absolute Gasteiger partial charge is 0.397 e. The number of piperidine rings is 1. The van der Waals surface area contributed by atoms with E-state index >= 15 is 0 Å². The molecule has 5 nitrogen and oxygen atoms in total. The predicted octanol–water partition coefficient (Wildman–Crippen LogP) is 1.53. The van der Waals surface area contributed by atoms with Gasteiger partial charge in [0.1, 0.15) is 0 Å². The maximum atomic E-state index is 11.9. The van der Waals surface area contributed by atoms with Gasteiger partial charge in [0, 0.05) is 36.3 Å². The molecule has 2 aromatic rings. The predicted molar refractivity (Wildman–Crippen MR) is 83.0 cm³/mol. The Bertz CT molecular complexity index is 714. The molecule has 5 heteroatoms. The van der Waals surface area contributed by atoms with Crippen molar-refractivity contribution in [3.05, 3.63) is 30.6 Å². The van der Waals surface area contributed by atoms with Gasteiger partial charge in [0.2, 0.25) is 5.91 Å². The van der Waals surface area contributed by atoms with Crippen molar-refractivity contribution in [3.63, 3.8) is 0 Å². The molecule has 1 aromatic heterocycles. The Morgan fingerprint density at radius 1 is 1.33 bits per heavy atom. The van der Waals surface area contributed by atoms with Gasteiger partial charge in [-0.3, -0.25) is 9.78 Å². The summed E-state index contributed by atoms with van der Waals surface area (Å²) >= 11 is 0.